The van der Waals surface area contributed by atoms with Crippen molar-refractivity contribution in [3.8, 4) is 0 Å². The first-order valence-corrected chi connectivity index (χ1v) is 4.98. The third-order valence-electron chi connectivity index (χ3n) is 3.10. The van der Waals surface area contributed by atoms with Gasteiger partial charge < -0.3 is 10.4 Å². The molecule has 0 aromatic carbocycles. The Labute approximate surface area is 89.4 Å². The van der Waals surface area contributed by atoms with Crippen molar-refractivity contribution in [1.29, 1.82) is 0 Å². The maximum atomic E-state index is 11.7. The van der Waals surface area contributed by atoms with Crippen LogP contribution in [0.3, 0.4) is 0 Å². The average Bonchev–Trinajstić information content (AvgIpc) is 2.68. The van der Waals surface area contributed by atoms with E-state index < -0.39 is 23.2 Å². The maximum Gasteiger partial charge on any atom is 0.307 e. The van der Waals surface area contributed by atoms with Crippen LogP contribution in [0.2, 0.25) is 0 Å². The molecule has 1 amide bonds. The predicted molar refractivity (Wildman–Crippen MR) is 56.2 cm³/mol. The number of aliphatic carboxylic acids is 1. The standard InChI is InChI=1S/C11H17NO3/c1-5-6(2)12-9(13)7-8(10(14)15)11(7,3)4/h5-8H,1H2,2-4H3,(H,12,13)(H,14,15)/t6?,7-,8+/m1/s1. The molecule has 1 aliphatic rings. The summed E-state index contributed by atoms with van der Waals surface area (Å²) in [6.45, 7) is 8.95. The lowest BCUT2D eigenvalue weighted by molar-refractivity contribution is -0.140. The van der Waals surface area contributed by atoms with Crippen molar-refractivity contribution in [2.45, 2.75) is 26.8 Å². The predicted octanol–water partition coefficient (Wildman–Crippen LogP) is 1.03. The van der Waals surface area contributed by atoms with Crippen LogP contribution in [0.15, 0.2) is 12.7 Å². The van der Waals surface area contributed by atoms with Gasteiger partial charge in [-0.05, 0) is 12.3 Å². The number of hydrogen-bond acceptors (Lipinski definition) is 2. The summed E-state index contributed by atoms with van der Waals surface area (Å²) in [6.07, 6.45) is 1.61. The summed E-state index contributed by atoms with van der Waals surface area (Å²) in [5.41, 5.74) is -0.434. The summed E-state index contributed by atoms with van der Waals surface area (Å²) in [5, 5.41) is 11.6. The van der Waals surface area contributed by atoms with Crippen LogP contribution in [-0.2, 0) is 9.59 Å². The molecule has 0 aromatic heterocycles. The quantitative estimate of drug-likeness (QED) is 0.683. The fourth-order valence-electron chi connectivity index (χ4n) is 1.96. The zero-order valence-electron chi connectivity index (χ0n) is 9.28. The molecule has 0 saturated heterocycles. The van der Waals surface area contributed by atoms with Gasteiger partial charge in [0.25, 0.3) is 0 Å². The fraction of sp³-hybridized carbons (Fsp3) is 0.636. The second-order valence-electron chi connectivity index (χ2n) is 4.65. The first kappa shape index (κ1) is 11.8. The minimum atomic E-state index is -0.897. The molecule has 84 valence electrons. The van der Waals surface area contributed by atoms with Gasteiger partial charge in [-0.1, -0.05) is 19.9 Å². The normalized spacial score (nSPS) is 29.0. The van der Waals surface area contributed by atoms with Gasteiger partial charge in [-0.2, -0.15) is 0 Å². The lowest BCUT2D eigenvalue weighted by Gasteiger charge is -2.09. The third kappa shape index (κ3) is 2.03. The minimum Gasteiger partial charge on any atom is -0.481 e. The van der Waals surface area contributed by atoms with Crippen LogP contribution >= 0.6 is 0 Å². The van der Waals surface area contributed by atoms with Crippen LogP contribution in [0.4, 0.5) is 0 Å². The number of carbonyl (C=O) groups excluding carboxylic acids is 1. The first-order chi connectivity index (χ1) is 6.82. The number of hydrogen-bond donors (Lipinski definition) is 2. The highest BCUT2D eigenvalue weighted by atomic mass is 16.4. The molecule has 2 N–H and O–H groups in total. The molecule has 0 aromatic rings. The van der Waals surface area contributed by atoms with E-state index in [1.54, 1.807) is 26.8 Å². The second kappa shape index (κ2) is 3.68. The lowest BCUT2D eigenvalue weighted by Crippen LogP contribution is -2.33. The van der Waals surface area contributed by atoms with E-state index in [-0.39, 0.29) is 11.9 Å². The van der Waals surface area contributed by atoms with Crippen molar-refractivity contribution in [3.05, 3.63) is 12.7 Å². The van der Waals surface area contributed by atoms with Crippen molar-refractivity contribution < 1.29 is 14.7 Å². The molecule has 4 nitrogen and oxygen atoms in total. The van der Waals surface area contributed by atoms with Gasteiger partial charge in [0.05, 0.1) is 11.8 Å². The summed E-state index contributed by atoms with van der Waals surface area (Å²) in [7, 11) is 0. The van der Waals surface area contributed by atoms with Crippen molar-refractivity contribution in [1.82, 2.24) is 5.32 Å². The Bertz CT molecular complexity index is 309. The summed E-state index contributed by atoms with van der Waals surface area (Å²) in [5.74, 6) is -2.07. The van der Waals surface area contributed by atoms with Gasteiger partial charge in [-0.15, -0.1) is 6.58 Å². The van der Waals surface area contributed by atoms with E-state index in [1.165, 1.54) is 0 Å². The zero-order valence-corrected chi connectivity index (χ0v) is 9.28. The number of carbonyl (C=O) groups is 2. The Kier molecular flexibility index (Phi) is 2.88. The van der Waals surface area contributed by atoms with Crippen LogP contribution in [0.25, 0.3) is 0 Å². The van der Waals surface area contributed by atoms with E-state index in [4.69, 9.17) is 5.11 Å². The molecule has 0 aliphatic heterocycles. The highest BCUT2D eigenvalue weighted by Crippen LogP contribution is 2.58. The Morgan fingerprint density at radius 2 is 2.00 bits per heavy atom. The molecule has 1 rings (SSSR count). The van der Waals surface area contributed by atoms with E-state index >= 15 is 0 Å². The number of rotatable bonds is 4. The van der Waals surface area contributed by atoms with Crippen molar-refractivity contribution >= 4 is 11.9 Å². The third-order valence-corrected chi connectivity index (χ3v) is 3.10. The van der Waals surface area contributed by atoms with Crippen LogP contribution in [-0.4, -0.2) is 23.0 Å². The molecule has 1 unspecified atom stereocenters. The average molecular weight is 211 g/mol. The summed E-state index contributed by atoms with van der Waals surface area (Å²) >= 11 is 0. The van der Waals surface area contributed by atoms with Gasteiger partial charge in [0.1, 0.15) is 0 Å². The van der Waals surface area contributed by atoms with Gasteiger partial charge in [0.15, 0.2) is 0 Å². The van der Waals surface area contributed by atoms with Gasteiger partial charge >= 0.3 is 5.97 Å². The van der Waals surface area contributed by atoms with Crippen molar-refractivity contribution in [3.63, 3.8) is 0 Å². The van der Waals surface area contributed by atoms with E-state index in [0.717, 1.165) is 0 Å². The molecule has 3 atom stereocenters. The van der Waals surface area contributed by atoms with Gasteiger partial charge in [-0.25, -0.2) is 0 Å². The number of nitrogens with one attached hydrogen (secondary N) is 1. The molecule has 0 bridgehead atoms. The molecule has 1 aliphatic carbocycles. The zero-order chi connectivity index (χ0) is 11.8. The Morgan fingerprint density at radius 1 is 1.47 bits per heavy atom. The van der Waals surface area contributed by atoms with E-state index in [9.17, 15) is 9.59 Å². The number of amides is 1. The molecular formula is C11H17NO3. The second-order valence-corrected chi connectivity index (χ2v) is 4.65. The molecule has 0 spiro atoms. The Hall–Kier alpha value is -1.32. The van der Waals surface area contributed by atoms with Crippen LogP contribution < -0.4 is 5.32 Å². The fourth-order valence-corrected chi connectivity index (χ4v) is 1.96. The molecule has 1 saturated carbocycles. The Morgan fingerprint density at radius 3 is 2.33 bits per heavy atom. The number of carboxylic acids is 1. The maximum absolute atomic E-state index is 11.7. The van der Waals surface area contributed by atoms with Crippen LogP contribution in [0, 0.1) is 17.3 Å². The molecule has 0 heterocycles. The summed E-state index contributed by atoms with van der Waals surface area (Å²) in [4.78, 5) is 22.5. The highest BCUT2D eigenvalue weighted by molar-refractivity contribution is 5.91. The molecule has 0 radical (unpaired) electrons. The first-order valence-electron chi connectivity index (χ1n) is 4.98. The molecular weight excluding hydrogens is 194 g/mol. The van der Waals surface area contributed by atoms with Gasteiger partial charge in [-0.3, -0.25) is 9.59 Å². The summed E-state index contributed by atoms with van der Waals surface area (Å²) in [6, 6.07) is -0.122. The molecule has 15 heavy (non-hydrogen) atoms. The number of carboxylic acid groups (broad SMARTS) is 1. The minimum absolute atomic E-state index is 0.122. The topological polar surface area (TPSA) is 66.4 Å². The Balaban J connectivity index is 2.64. The summed E-state index contributed by atoms with van der Waals surface area (Å²) < 4.78 is 0. The van der Waals surface area contributed by atoms with Crippen LogP contribution in [0.5, 0.6) is 0 Å². The SMILES string of the molecule is C=CC(C)NC(=O)[C@H]1[C@@H](C(=O)O)C1(C)C. The van der Waals surface area contributed by atoms with Gasteiger partial charge in [0, 0.05) is 6.04 Å². The molecule has 1 fully saturated rings. The highest BCUT2D eigenvalue weighted by Gasteiger charge is 2.65. The largest absolute Gasteiger partial charge is 0.481 e. The van der Waals surface area contributed by atoms with Crippen molar-refractivity contribution in [2.75, 3.05) is 0 Å². The van der Waals surface area contributed by atoms with E-state index in [2.05, 4.69) is 11.9 Å². The van der Waals surface area contributed by atoms with Crippen molar-refractivity contribution in [2.24, 2.45) is 17.3 Å². The van der Waals surface area contributed by atoms with E-state index in [0.29, 0.717) is 0 Å². The monoisotopic (exact) mass is 211 g/mol. The van der Waals surface area contributed by atoms with Gasteiger partial charge in [0.2, 0.25) is 5.91 Å². The lowest BCUT2D eigenvalue weighted by atomic mass is 10.1. The molecule has 4 heteroatoms. The van der Waals surface area contributed by atoms with E-state index in [1.807, 2.05) is 0 Å². The van der Waals surface area contributed by atoms with Crippen LogP contribution in [0.1, 0.15) is 20.8 Å². The smallest absolute Gasteiger partial charge is 0.307 e.